The van der Waals surface area contributed by atoms with Crippen LogP contribution in [0.4, 0.5) is 0 Å². The Morgan fingerprint density at radius 3 is 2.35 bits per heavy atom. The maximum Gasteiger partial charge on any atom is 0.326 e. The molecule has 2 aromatic carbocycles. The molecule has 1 radical (unpaired) electrons. The van der Waals surface area contributed by atoms with E-state index in [0.717, 1.165) is 68.9 Å². The van der Waals surface area contributed by atoms with E-state index in [9.17, 15) is 5.02 Å². The fourth-order valence-electron chi connectivity index (χ4n) is 4.98. The lowest BCUT2D eigenvalue weighted by atomic mass is 9.88. The molecule has 0 saturated carbocycles. The maximum absolute atomic E-state index is 9.40. The van der Waals surface area contributed by atoms with E-state index in [1.807, 2.05) is 68.7 Å². The number of aryl methyl sites for hydroxylation is 2. The summed E-state index contributed by atoms with van der Waals surface area (Å²) in [5, 5.41) is 13.6. The van der Waals surface area contributed by atoms with Gasteiger partial charge >= 0.3 is 7.48 Å². The van der Waals surface area contributed by atoms with Gasteiger partial charge in [-0.05, 0) is 43.2 Å². The van der Waals surface area contributed by atoms with Gasteiger partial charge in [0.1, 0.15) is 11.8 Å². The summed E-state index contributed by atoms with van der Waals surface area (Å²) in [6.07, 6.45) is 5.87. The summed E-state index contributed by atoms with van der Waals surface area (Å²) >= 11 is 0. The first-order chi connectivity index (χ1) is 18.1. The largest absolute Gasteiger partial charge is 0.450 e. The van der Waals surface area contributed by atoms with Crippen molar-refractivity contribution in [1.29, 1.82) is 0 Å². The molecule has 179 valence electrons. The zero-order valence-electron chi connectivity index (χ0n) is 20.5. The molecule has 4 heterocycles. The van der Waals surface area contributed by atoms with Crippen LogP contribution in [-0.2, 0) is 0 Å². The van der Waals surface area contributed by atoms with E-state index in [-0.39, 0.29) is 6.04 Å². The predicted octanol–water partition coefficient (Wildman–Crippen LogP) is 5.24. The number of nitrogens with zero attached hydrogens (tertiary/aromatic N) is 4. The van der Waals surface area contributed by atoms with E-state index < -0.39 is 0 Å². The number of fused-ring (bicyclic) bond motifs is 1. The highest BCUT2D eigenvalue weighted by atomic mass is 16.5. The van der Waals surface area contributed by atoms with Crippen LogP contribution in [0.1, 0.15) is 28.8 Å². The Balaban J connectivity index is 1.64. The van der Waals surface area contributed by atoms with E-state index in [0.29, 0.717) is 0 Å². The molecule has 6 aromatic rings. The van der Waals surface area contributed by atoms with Crippen LogP contribution in [0.25, 0.3) is 33.3 Å². The molecule has 0 aliphatic heterocycles. The lowest BCUT2D eigenvalue weighted by Gasteiger charge is -2.20. The van der Waals surface area contributed by atoms with Gasteiger partial charge in [-0.15, -0.1) is 0 Å². The summed E-state index contributed by atoms with van der Waals surface area (Å²) in [4.78, 5) is 9.71. The van der Waals surface area contributed by atoms with Gasteiger partial charge in [-0.2, -0.15) is 0 Å². The van der Waals surface area contributed by atoms with Crippen LogP contribution in [0.5, 0.6) is 0 Å². The molecule has 37 heavy (non-hydrogen) atoms. The van der Waals surface area contributed by atoms with Gasteiger partial charge in [0.25, 0.3) is 0 Å². The van der Waals surface area contributed by atoms with Gasteiger partial charge in [-0.1, -0.05) is 71.3 Å². The number of benzene rings is 2. The first-order valence-corrected chi connectivity index (χ1v) is 12.1. The molecule has 0 amide bonds. The van der Waals surface area contributed by atoms with Crippen LogP contribution < -0.4 is 5.46 Å². The van der Waals surface area contributed by atoms with E-state index in [1.54, 1.807) is 0 Å². The van der Waals surface area contributed by atoms with Crippen molar-refractivity contribution in [3.8, 4) is 22.3 Å². The third-order valence-electron chi connectivity index (χ3n) is 6.72. The summed E-state index contributed by atoms with van der Waals surface area (Å²) in [5.74, 6) is 0.761. The van der Waals surface area contributed by atoms with Crippen molar-refractivity contribution in [2.45, 2.75) is 19.9 Å². The molecule has 0 aliphatic rings. The third kappa shape index (κ3) is 4.13. The third-order valence-corrected chi connectivity index (χ3v) is 6.72. The van der Waals surface area contributed by atoms with E-state index in [1.165, 1.54) is 0 Å². The van der Waals surface area contributed by atoms with Crippen LogP contribution in [0, 0.1) is 13.8 Å². The number of rotatable bonds is 6. The van der Waals surface area contributed by atoms with Gasteiger partial charge in [0.05, 0.1) is 22.4 Å². The number of aromatic nitrogens is 4. The van der Waals surface area contributed by atoms with Crippen molar-refractivity contribution < 1.29 is 9.55 Å². The Kier molecular flexibility index (Phi) is 5.91. The molecule has 0 bridgehead atoms. The molecular formula is C30H24BN4O2. The molecule has 1 atom stereocenters. The van der Waals surface area contributed by atoms with Gasteiger partial charge in [-0.25, -0.2) is 0 Å². The lowest BCUT2D eigenvalue weighted by molar-refractivity contribution is 0.393. The SMILES string of the molecule is Cc1noc(C)c1-c1cnc2c(-c3ccc([B]O)cc3)cn([C@H](c3ccccc3)c3ccccn3)c2c1. The van der Waals surface area contributed by atoms with Crippen LogP contribution >= 0.6 is 0 Å². The predicted molar refractivity (Wildman–Crippen MR) is 146 cm³/mol. The monoisotopic (exact) mass is 483 g/mol. The molecule has 0 saturated heterocycles. The van der Waals surface area contributed by atoms with Gasteiger partial charge in [0, 0.05) is 35.3 Å². The second kappa shape index (κ2) is 9.52. The van der Waals surface area contributed by atoms with Crippen molar-refractivity contribution >= 4 is 24.0 Å². The van der Waals surface area contributed by atoms with Crippen LogP contribution in [0.2, 0.25) is 0 Å². The minimum atomic E-state index is -0.162. The Labute approximate surface area is 215 Å². The van der Waals surface area contributed by atoms with Gasteiger partial charge in [-0.3, -0.25) is 9.97 Å². The van der Waals surface area contributed by atoms with Crippen molar-refractivity contribution in [2.75, 3.05) is 0 Å². The first-order valence-electron chi connectivity index (χ1n) is 12.1. The van der Waals surface area contributed by atoms with Gasteiger partial charge in [0.15, 0.2) is 0 Å². The maximum atomic E-state index is 9.40. The van der Waals surface area contributed by atoms with E-state index >= 15 is 0 Å². The molecule has 0 unspecified atom stereocenters. The highest BCUT2D eigenvalue weighted by Crippen LogP contribution is 2.38. The van der Waals surface area contributed by atoms with Crippen LogP contribution in [0.3, 0.4) is 0 Å². The first kappa shape index (κ1) is 22.9. The number of pyridine rings is 2. The minimum Gasteiger partial charge on any atom is -0.450 e. The fourth-order valence-corrected chi connectivity index (χ4v) is 4.98. The standard InChI is InChI=1S/C30H24BN4O2/c1-19-28(20(2)37-34-19)23-16-27-29(33-17-23)25(21-11-13-24(31-36)14-12-21)18-35(27)30(22-8-4-3-5-9-22)26-10-6-7-15-32-26/h3-18,30,36H,1-2H3/t30-/m1/s1. The summed E-state index contributed by atoms with van der Waals surface area (Å²) in [6, 6.07) is 26.2. The number of hydrogen-bond donors (Lipinski definition) is 1. The molecule has 1 N–H and O–H groups in total. The average molecular weight is 483 g/mol. The second-order valence-corrected chi connectivity index (χ2v) is 9.06. The molecule has 6 nitrogen and oxygen atoms in total. The topological polar surface area (TPSA) is 77.0 Å². The smallest absolute Gasteiger partial charge is 0.326 e. The molecule has 7 heteroatoms. The minimum absolute atomic E-state index is 0.162. The van der Waals surface area contributed by atoms with Crippen molar-refractivity contribution in [2.24, 2.45) is 0 Å². The van der Waals surface area contributed by atoms with Crippen LogP contribution in [-0.4, -0.2) is 32.2 Å². The quantitative estimate of drug-likeness (QED) is 0.328. The zero-order valence-corrected chi connectivity index (χ0v) is 20.5. The Bertz CT molecular complexity index is 1620. The lowest BCUT2D eigenvalue weighted by Crippen LogP contribution is -2.13. The summed E-state index contributed by atoms with van der Waals surface area (Å²) in [6.45, 7) is 3.87. The highest BCUT2D eigenvalue weighted by Gasteiger charge is 2.23. The average Bonchev–Trinajstić information content (AvgIpc) is 3.49. The molecule has 0 spiro atoms. The molecule has 0 fully saturated rings. The molecule has 0 aliphatic carbocycles. The van der Waals surface area contributed by atoms with Crippen molar-refractivity contribution in [3.63, 3.8) is 0 Å². The fraction of sp³-hybridized carbons (Fsp3) is 0.100. The highest BCUT2D eigenvalue weighted by molar-refractivity contribution is 6.45. The van der Waals surface area contributed by atoms with E-state index in [4.69, 9.17) is 14.5 Å². The Morgan fingerprint density at radius 1 is 0.892 bits per heavy atom. The number of hydrogen-bond acceptors (Lipinski definition) is 5. The van der Waals surface area contributed by atoms with Crippen molar-refractivity contribution in [1.82, 2.24) is 19.7 Å². The van der Waals surface area contributed by atoms with Crippen LogP contribution in [0.15, 0.2) is 102 Å². The normalized spacial score (nSPS) is 12.1. The second-order valence-electron chi connectivity index (χ2n) is 9.06. The van der Waals surface area contributed by atoms with Crippen molar-refractivity contribution in [3.05, 3.63) is 120 Å². The molecule has 4 aromatic heterocycles. The Morgan fingerprint density at radius 2 is 1.68 bits per heavy atom. The summed E-state index contributed by atoms with van der Waals surface area (Å²) < 4.78 is 7.71. The van der Waals surface area contributed by atoms with Gasteiger partial charge < -0.3 is 14.1 Å². The molecular weight excluding hydrogens is 459 g/mol. The van der Waals surface area contributed by atoms with Gasteiger partial charge in [0.2, 0.25) is 0 Å². The molecule has 6 rings (SSSR count). The summed E-state index contributed by atoms with van der Waals surface area (Å²) in [7, 11) is 1.10. The zero-order chi connectivity index (χ0) is 25.4. The summed E-state index contributed by atoms with van der Waals surface area (Å²) in [5.41, 5.74) is 9.42. The Hall–Kier alpha value is -4.49. The van der Waals surface area contributed by atoms with E-state index in [2.05, 4.69) is 52.3 Å².